The minimum absolute atomic E-state index is 0.137. The highest BCUT2D eigenvalue weighted by atomic mass is 19.1. The molecular weight excluding hydrogens is 195 g/mol. The highest BCUT2D eigenvalue weighted by Crippen LogP contribution is 2.28. The fourth-order valence-corrected chi connectivity index (χ4v) is 1.82. The summed E-state index contributed by atoms with van der Waals surface area (Å²) in [6, 6.07) is 4.33. The van der Waals surface area contributed by atoms with Crippen LogP contribution in [0.1, 0.15) is 12.8 Å². The molecule has 0 bridgehead atoms. The lowest BCUT2D eigenvalue weighted by molar-refractivity contribution is 0.0487. The summed E-state index contributed by atoms with van der Waals surface area (Å²) in [5.41, 5.74) is 6.83. The molecule has 2 rings (SSSR count). The molecule has 4 N–H and O–H groups in total. The molecule has 1 fully saturated rings. The lowest BCUT2D eigenvalue weighted by atomic mass is 9.82. The Morgan fingerprint density at radius 3 is 2.80 bits per heavy atom. The molecule has 0 heterocycles. The second-order valence-corrected chi connectivity index (χ2v) is 4.10. The number of hydrogen-bond acceptors (Lipinski definition) is 3. The van der Waals surface area contributed by atoms with Crippen molar-refractivity contribution in [1.82, 2.24) is 0 Å². The molecule has 0 atom stereocenters. The van der Waals surface area contributed by atoms with E-state index in [1.807, 2.05) is 0 Å². The SMILES string of the molecule is Nc1cc(F)ccc1NCC1CC(O)C1. The Kier molecular flexibility index (Phi) is 2.77. The third-order valence-corrected chi connectivity index (χ3v) is 2.81. The molecule has 0 unspecified atom stereocenters. The van der Waals surface area contributed by atoms with E-state index in [-0.39, 0.29) is 11.9 Å². The summed E-state index contributed by atoms with van der Waals surface area (Å²) in [5, 5.41) is 12.3. The van der Waals surface area contributed by atoms with Crippen molar-refractivity contribution in [2.45, 2.75) is 18.9 Å². The number of aliphatic hydroxyl groups is 1. The molecule has 0 spiro atoms. The van der Waals surface area contributed by atoms with Crippen molar-refractivity contribution < 1.29 is 9.50 Å². The first kappa shape index (κ1) is 10.2. The maximum atomic E-state index is 12.7. The van der Waals surface area contributed by atoms with Crippen LogP contribution in [0.4, 0.5) is 15.8 Å². The van der Waals surface area contributed by atoms with Crippen molar-refractivity contribution in [3.8, 4) is 0 Å². The normalized spacial score (nSPS) is 24.7. The molecule has 0 amide bonds. The van der Waals surface area contributed by atoms with Gasteiger partial charge in [0, 0.05) is 6.54 Å². The number of aliphatic hydroxyl groups excluding tert-OH is 1. The highest BCUT2D eigenvalue weighted by molar-refractivity contribution is 5.65. The molecule has 0 radical (unpaired) electrons. The van der Waals surface area contributed by atoms with Gasteiger partial charge in [-0.3, -0.25) is 0 Å². The van der Waals surface area contributed by atoms with Gasteiger partial charge in [0.15, 0.2) is 0 Å². The van der Waals surface area contributed by atoms with Crippen LogP contribution in [0.3, 0.4) is 0 Å². The fourth-order valence-electron chi connectivity index (χ4n) is 1.82. The number of benzene rings is 1. The summed E-state index contributed by atoms with van der Waals surface area (Å²) in [6.07, 6.45) is 1.55. The van der Waals surface area contributed by atoms with Crippen LogP contribution in [-0.2, 0) is 0 Å². The minimum atomic E-state index is -0.322. The number of halogens is 1. The Balaban J connectivity index is 1.88. The van der Waals surface area contributed by atoms with E-state index in [0.29, 0.717) is 11.6 Å². The monoisotopic (exact) mass is 210 g/mol. The standard InChI is InChI=1S/C11H15FN2O/c12-8-1-2-11(10(13)5-8)14-6-7-3-9(15)4-7/h1-2,5,7,9,14-15H,3-4,6,13H2. The van der Waals surface area contributed by atoms with Gasteiger partial charge in [0.1, 0.15) is 5.82 Å². The zero-order chi connectivity index (χ0) is 10.8. The Morgan fingerprint density at radius 1 is 1.47 bits per heavy atom. The second kappa shape index (κ2) is 4.06. The molecule has 0 aromatic heterocycles. The summed E-state index contributed by atoms with van der Waals surface area (Å²) in [7, 11) is 0. The molecule has 1 aromatic rings. The predicted molar refractivity (Wildman–Crippen MR) is 58.0 cm³/mol. The van der Waals surface area contributed by atoms with Crippen molar-refractivity contribution >= 4 is 11.4 Å². The van der Waals surface area contributed by atoms with Gasteiger partial charge in [0.25, 0.3) is 0 Å². The molecular formula is C11H15FN2O. The molecule has 1 aliphatic carbocycles. The minimum Gasteiger partial charge on any atom is -0.397 e. The third-order valence-electron chi connectivity index (χ3n) is 2.81. The highest BCUT2D eigenvalue weighted by Gasteiger charge is 2.26. The Labute approximate surface area is 88.1 Å². The quantitative estimate of drug-likeness (QED) is 0.664. The Bertz CT molecular complexity index is 350. The van der Waals surface area contributed by atoms with Crippen molar-refractivity contribution in [1.29, 1.82) is 0 Å². The maximum absolute atomic E-state index is 12.7. The molecule has 0 aliphatic heterocycles. The van der Waals surface area contributed by atoms with E-state index in [9.17, 15) is 4.39 Å². The first-order valence-electron chi connectivity index (χ1n) is 5.12. The molecule has 1 saturated carbocycles. The summed E-state index contributed by atoms with van der Waals surface area (Å²) < 4.78 is 12.7. The van der Waals surface area contributed by atoms with Crippen LogP contribution in [0, 0.1) is 11.7 Å². The van der Waals surface area contributed by atoms with Gasteiger partial charge in [-0.1, -0.05) is 0 Å². The third kappa shape index (κ3) is 2.39. The zero-order valence-electron chi connectivity index (χ0n) is 8.41. The van der Waals surface area contributed by atoms with E-state index in [0.717, 1.165) is 25.1 Å². The topological polar surface area (TPSA) is 58.3 Å². The summed E-state index contributed by atoms with van der Waals surface area (Å²) >= 11 is 0. The number of nitrogens with two attached hydrogens (primary N) is 1. The molecule has 15 heavy (non-hydrogen) atoms. The maximum Gasteiger partial charge on any atom is 0.125 e. The molecule has 1 aliphatic rings. The second-order valence-electron chi connectivity index (χ2n) is 4.10. The van der Waals surface area contributed by atoms with Crippen molar-refractivity contribution in [2.75, 3.05) is 17.6 Å². The van der Waals surface area contributed by atoms with E-state index in [4.69, 9.17) is 10.8 Å². The van der Waals surface area contributed by atoms with E-state index in [1.165, 1.54) is 12.1 Å². The van der Waals surface area contributed by atoms with Crippen molar-refractivity contribution in [3.05, 3.63) is 24.0 Å². The van der Waals surface area contributed by atoms with Crippen LogP contribution in [0.5, 0.6) is 0 Å². The lowest BCUT2D eigenvalue weighted by Gasteiger charge is -2.31. The van der Waals surface area contributed by atoms with E-state index in [2.05, 4.69) is 5.32 Å². The van der Waals surface area contributed by atoms with Gasteiger partial charge in [-0.05, 0) is 37.0 Å². The summed E-state index contributed by atoms with van der Waals surface area (Å²) in [4.78, 5) is 0. The first-order valence-corrected chi connectivity index (χ1v) is 5.12. The summed E-state index contributed by atoms with van der Waals surface area (Å²) in [6.45, 7) is 0.785. The molecule has 1 aromatic carbocycles. The number of rotatable bonds is 3. The molecule has 0 saturated heterocycles. The molecule has 4 heteroatoms. The van der Waals surface area contributed by atoms with Crippen LogP contribution >= 0.6 is 0 Å². The van der Waals surface area contributed by atoms with Crippen LogP contribution in [0.2, 0.25) is 0 Å². The Hall–Kier alpha value is -1.29. The van der Waals surface area contributed by atoms with Gasteiger partial charge in [-0.15, -0.1) is 0 Å². The molecule has 82 valence electrons. The average Bonchev–Trinajstić information content (AvgIpc) is 2.13. The average molecular weight is 210 g/mol. The number of nitrogen functional groups attached to an aromatic ring is 1. The van der Waals surface area contributed by atoms with Gasteiger partial charge in [0.2, 0.25) is 0 Å². The number of hydrogen-bond donors (Lipinski definition) is 3. The number of anilines is 2. The van der Waals surface area contributed by atoms with E-state index < -0.39 is 0 Å². The number of nitrogens with one attached hydrogen (secondary N) is 1. The van der Waals surface area contributed by atoms with Crippen LogP contribution in [-0.4, -0.2) is 17.8 Å². The Morgan fingerprint density at radius 2 is 2.20 bits per heavy atom. The van der Waals surface area contributed by atoms with E-state index in [1.54, 1.807) is 6.07 Å². The lowest BCUT2D eigenvalue weighted by Crippen LogP contribution is -2.33. The van der Waals surface area contributed by atoms with E-state index >= 15 is 0 Å². The van der Waals surface area contributed by atoms with Gasteiger partial charge < -0.3 is 16.2 Å². The van der Waals surface area contributed by atoms with Crippen molar-refractivity contribution in [3.63, 3.8) is 0 Å². The van der Waals surface area contributed by atoms with Gasteiger partial charge in [-0.2, -0.15) is 0 Å². The molecule has 3 nitrogen and oxygen atoms in total. The van der Waals surface area contributed by atoms with Gasteiger partial charge >= 0.3 is 0 Å². The van der Waals surface area contributed by atoms with Gasteiger partial charge in [-0.25, -0.2) is 4.39 Å². The smallest absolute Gasteiger partial charge is 0.125 e. The van der Waals surface area contributed by atoms with Gasteiger partial charge in [0.05, 0.1) is 17.5 Å². The van der Waals surface area contributed by atoms with Crippen LogP contribution < -0.4 is 11.1 Å². The van der Waals surface area contributed by atoms with Crippen LogP contribution in [0.25, 0.3) is 0 Å². The predicted octanol–water partition coefficient (Wildman–Crippen LogP) is 1.59. The zero-order valence-corrected chi connectivity index (χ0v) is 8.41. The fraction of sp³-hybridized carbons (Fsp3) is 0.455. The van der Waals surface area contributed by atoms with Crippen molar-refractivity contribution in [2.24, 2.45) is 5.92 Å². The van der Waals surface area contributed by atoms with Crippen LogP contribution in [0.15, 0.2) is 18.2 Å². The largest absolute Gasteiger partial charge is 0.397 e. The first-order chi connectivity index (χ1) is 7.15. The summed E-state index contributed by atoms with van der Waals surface area (Å²) in [5.74, 6) is 0.182.